The molecular weight excluding hydrogens is 901 g/mol. The molecule has 0 fully saturated rings. The van der Waals surface area contributed by atoms with Gasteiger partial charge in [-0.25, -0.2) is 0 Å². The minimum Gasteiger partial charge on any atom is -0.462 e. The zero-order chi connectivity index (χ0) is 52.9. The molecule has 0 bridgehead atoms. The maximum Gasteiger partial charge on any atom is 0.310 e. The minimum absolute atomic E-state index is 0.0972. The van der Waals surface area contributed by atoms with Gasteiger partial charge >= 0.3 is 17.9 Å². The van der Waals surface area contributed by atoms with E-state index in [-0.39, 0.29) is 31.6 Å². The van der Waals surface area contributed by atoms with Crippen LogP contribution >= 0.6 is 0 Å². The van der Waals surface area contributed by atoms with Crippen molar-refractivity contribution in [3.63, 3.8) is 0 Å². The van der Waals surface area contributed by atoms with E-state index in [1.165, 1.54) is 141 Å². The Balaban J connectivity index is 4.25. The van der Waals surface area contributed by atoms with Crippen molar-refractivity contribution in [2.45, 2.75) is 284 Å². The first-order valence-electron chi connectivity index (χ1n) is 30.4. The van der Waals surface area contributed by atoms with Gasteiger partial charge in [-0.05, 0) is 83.5 Å². The normalized spacial score (nSPS) is 12.9. The van der Waals surface area contributed by atoms with Gasteiger partial charge in [-0.15, -0.1) is 0 Å². The molecule has 1 atom stereocenters. The Morgan fingerprint density at radius 2 is 0.575 bits per heavy atom. The Bertz CT molecular complexity index is 1490. The Morgan fingerprint density at radius 1 is 0.301 bits per heavy atom. The van der Waals surface area contributed by atoms with Crippen molar-refractivity contribution in [2.24, 2.45) is 0 Å². The van der Waals surface area contributed by atoms with Crippen molar-refractivity contribution >= 4 is 17.9 Å². The molecule has 0 radical (unpaired) electrons. The van der Waals surface area contributed by atoms with E-state index in [4.69, 9.17) is 14.2 Å². The largest absolute Gasteiger partial charge is 0.462 e. The second kappa shape index (κ2) is 60.6. The summed E-state index contributed by atoms with van der Waals surface area (Å²) in [5.41, 5.74) is 0. The fraction of sp³-hybridized carbons (Fsp3) is 0.687. The molecule has 0 heterocycles. The summed E-state index contributed by atoms with van der Waals surface area (Å²) in [6, 6.07) is 0. The molecule has 6 heteroatoms. The number of esters is 3. The van der Waals surface area contributed by atoms with Gasteiger partial charge in [0.1, 0.15) is 13.2 Å². The number of hydrogen-bond donors (Lipinski definition) is 0. The predicted molar refractivity (Wildman–Crippen MR) is 316 cm³/mol. The van der Waals surface area contributed by atoms with Crippen LogP contribution in [0.1, 0.15) is 278 Å². The molecular formula is C67H112O6. The number of carbonyl (C=O) groups is 3. The van der Waals surface area contributed by atoms with E-state index in [2.05, 4.69) is 118 Å². The highest BCUT2D eigenvalue weighted by Gasteiger charge is 2.19. The molecule has 1 unspecified atom stereocenters. The summed E-state index contributed by atoms with van der Waals surface area (Å²) >= 11 is 0. The number of hydrogen-bond acceptors (Lipinski definition) is 6. The topological polar surface area (TPSA) is 78.9 Å². The smallest absolute Gasteiger partial charge is 0.310 e. The Hall–Kier alpha value is -3.93. The summed E-state index contributed by atoms with van der Waals surface area (Å²) in [4.78, 5) is 38.1. The molecule has 0 rings (SSSR count). The third-order valence-electron chi connectivity index (χ3n) is 12.8. The first kappa shape index (κ1) is 69.1. The lowest BCUT2D eigenvalue weighted by atomic mass is 10.0. The van der Waals surface area contributed by atoms with Crippen LogP contribution in [0.5, 0.6) is 0 Å². The van der Waals surface area contributed by atoms with E-state index in [1.54, 1.807) is 6.08 Å². The monoisotopic (exact) mass is 1010 g/mol. The molecule has 416 valence electrons. The van der Waals surface area contributed by atoms with Crippen LogP contribution in [0.4, 0.5) is 0 Å². The van der Waals surface area contributed by atoms with Crippen LogP contribution in [0.15, 0.2) is 109 Å². The number of ether oxygens (including phenoxy) is 3. The van der Waals surface area contributed by atoms with Crippen LogP contribution in [-0.4, -0.2) is 37.2 Å². The number of unbranched alkanes of at least 4 members (excludes halogenated alkanes) is 26. The minimum atomic E-state index is -0.830. The van der Waals surface area contributed by atoms with Crippen molar-refractivity contribution in [1.82, 2.24) is 0 Å². The van der Waals surface area contributed by atoms with E-state index in [1.807, 2.05) is 6.08 Å². The summed E-state index contributed by atoms with van der Waals surface area (Å²) in [5, 5.41) is 0. The number of carbonyl (C=O) groups excluding carboxylic acids is 3. The van der Waals surface area contributed by atoms with Crippen LogP contribution in [0.2, 0.25) is 0 Å². The van der Waals surface area contributed by atoms with E-state index < -0.39 is 12.1 Å². The molecule has 0 aromatic rings. The molecule has 0 spiro atoms. The molecule has 0 aromatic heterocycles. The lowest BCUT2D eigenvalue weighted by Gasteiger charge is -2.18. The van der Waals surface area contributed by atoms with Crippen molar-refractivity contribution in [2.75, 3.05) is 13.2 Å². The van der Waals surface area contributed by atoms with Crippen LogP contribution in [0.3, 0.4) is 0 Å². The van der Waals surface area contributed by atoms with Crippen LogP contribution < -0.4 is 0 Å². The van der Waals surface area contributed by atoms with Crippen molar-refractivity contribution in [1.29, 1.82) is 0 Å². The fourth-order valence-corrected chi connectivity index (χ4v) is 8.33. The van der Waals surface area contributed by atoms with Gasteiger partial charge in [0.25, 0.3) is 0 Å². The summed E-state index contributed by atoms with van der Waals surface area (Å²) in [6.07, 6.45) is 82.7. The summed E-state index contributed by atoms with van der Waals surface area (Å²) in [7, 11) is 0. The average molecular weight is 1010 g/mol. The lowest BCUT2D eigenvalue weighted by Crippen LogP contribution is -2.30. The zero-order valence-corrected chi connectivity index (χ0v) is 47.6. The van der Waals surface area contributed by atoms with Crippen LogP contribution in [0, 0.1) is 0 Å². The molecule has 73 heavy (non-hydrogen) atoms. The van der Waals surface area contributed by atoms with Crippen molar-refractivity contribution < 1.29 is 28.6 Å². The van der Waals surface area contributed by atoms with Gasteiger partial charge in [-0.1, -0.05) is 284 Å². The Morgan fingerprint density at radius 3 is 0.904 bits per heavy atom. The van der Waals surface area contributed by atoms with Gasteiger partial charge in [-0.3, -0.25) is 14.4 Å². The van der Waals surface area contributed by atoms with Gasteiger partial charge in [0.2, 0.25) is 0 Å². The average Bonchev–Trinajstić information content (AvgIpc) is 3.39. The molecule has 0 aliphatic carbocycles. The maximum absolute atomic E-state index is 12.8. The molecule has 0 aliphatic heterocycles. The fourth-order valence-electron chi connectivity index (χ4n) is 8.33. The molecule has 0 aliphatic rings. The SMILES string of the molecule is CC/C=C\C/C=C\C/C=C\C/C=C\C/C=C\CC(=O)OC(COC(=O)CCCCCCCCCCCCC)COC(=O)CCCCCCCCCCCCCCCCCC/C=C\C/C=C\C/C=C\C/C=C\CC. The first-order valence-corrected chi connectivity index (χ1v) is 30.4. The molecule has 0 N–H and O–H groups in total. The van der Waals surface area contributed by atoms with E-state index in [0.29, 0.717) is 12.8 Å². The second-order valence-electron chi connectivity index (χ2n) is 19.9. The van der Waals surface area contributed by atoms with Crippen LogP contribution in [0.25, 0.3) is 0 Å². The molecule has 0 saturated carbocycles. The highest BCUT2D eigenvalue weighted by molar-refractivity contribution is 5.72. The number of rotatable bonds is 54. The standard InChI is InChI=1S/C67H112O6/c1-4-7-10-13-16-19-22-24-26-27-28-29-30-31-32-33-34-35-36-37-38-39-41-42-45-48-51-54-57-60-66(69)72-63-64(62-71-65(68)59-56-53-50-47-44-21-18-15-12-9-6-3)73-67(70)61-58-55-52-49-46-43-40-25-23-20-17-14-11-8-5-2/h7-8,10-11,16-17,19-20,24-26,28-29,40,46,49,55,58,64H,4-6,9,12-15,18,21-23,27,30-39,41-45,47-48,50-54,56-57,59-63H2,1-3H3/b10-7-,11-8-,19-16-,20-17-,26-24-,29-28-,40-25-,49-46-,58-55-. The summed E-state index contributed by atoms with van der Waals surface area (Å²) in [6.45, 7) is 6.33. The summed E-state index contributed by atoms with van der Waals surface area (Å²) in [5.74, 6) is -1.04. The lowest BCUT2D eigenvalue weighted by molar-refractivity contribution is -0.166. The molecule has 0 amide bonds. The molecule has 6 nitrogen and oxygen atoms in total. The van der Waals surface area contributed by atoms with Gasteiger partial charge in [-0.2, -0.15) is 0 Å². The molecule has 0 saturated heterocycles. The predicted octanol–water partition coefficient (Wildman–Crippen LogP) is 20.7. The van der Waals surface area contributed by atoms with E-state index in [9.17, 15) is 14.4 Å². The second-order valence-corrected chi connectivity index (χ2v) is 19.9. The van der Waals surface area contributed by atoms with Gasteiger partial charge in [0.05, 0.1) is 6.42 Å². The first-order chi connectivity index (χ1) is 36.0. The highest BCUT2D eigenvalue weighted by Crippen LogP contribution is 2.16. The quantitative estimate of drug-likeness (QED) is 0.0261. The Labute approximate surface area is 450 Å². The van der Waals surface area contributed by atoms with Gasteiger partial charge in [0.15, 0.2) is 6.10 Å². The third kappa shape index (κ3) is 58.8. The van der Waals surface area contributed by atoms with Crippen LogP contribution in [-0.2, 0) is 28.6 Å². The van der Waals surface area contributed by atoms with Gasteiger partial charge < -0.3 is 14.2 Å². The van der Waals surface area contributed by atoms with E-state index >= 15 is 0 Å². The van der Waals surface area contributed by atoms with Crippen molar-refractivity contribution in [3.8, 4) is 0 Å². The van der Waals surface area contributed by atoms with Crippen molar-refractivity contribution in [3.05, 3.63) is 109 Å². The van der Waals surface area contributed by atoms with E-state index in [0.717, 1.165) is 96.3 Å². The molecule has 0 aromatic carbocycles. The summed E-state index contributed by atoms with van der Waals surface area (Å²) < 4.78 is 16.7. The highest BCUT2D eigenvalue weighted by atomic mass is 16.6. The Kier molecular flexibility index (Phi) is 57.4. The van der Waals surface area contributed by atoms with Gasteiger partial charge in [0, 0.05) is 12.8 Å². The third-order valence-corrected chi connectivity index (χ3v) is 12.8. The maximum atomic E-state index is 12.8. The zero-order valence-electron chi connectivity index (χ0n) is 47.6. The number of allylic oxidation sites excluding steroid dienone is 17.